The molecule has 2 saturated carbocycles. The van der Waals surface area contributed by atoms with E-state index in [-0.39, 0.29) is 35.5 Å². The molecule has 0 N–H and O–H groups in total. The number of fused-ring (bicyclic) bond motifs is 5. The van der Waals surface area contributed by atoms with E-state index in [1.165, 1.54) is 27.4 Å². The molecule has 20 heavy (non-hydrogen) atoms. The van der Waals surface area contributed by atoms with Crippen LogP contribution in [0.1, 0.15) is 26.7 Å². The summed E-state index contributed by atoms with van der Waals surface area (Å²) in [5.74, 6) is 0.264. The Bertz CT molecular complexity index is 598. The van der Waals surface area contributed by atoms with Crippen molar-refractivity contribution in [2.24, 2.45) is 23.7 Å². The van der Waals surface area contributed by atoms with Crippen LogP contribution in [-0.2, 0) is 9.59 Å². The Kier molecular flexibility index (Phi) is 2.46. The smallest absolute Gasteiger partial charge is 0.240 e. The molecule has 0 unspecified atom stereocenters. The van der Waals surface area contributed by atoms with Crippen LogP contribution in [0, 0.1) is 23.7 Å². The van der Waals surface area contributed by atoms with Gasteiger partial charge < -0.3 is 0 Å². The van der Waals surface area contributed by atoms with E-state index < -0.39 is 0 Å². The molecule has 0 spiro atoms. The first kappa shape index (κ1) is 12.3. The minimum Gasteiger partial charge on any atom is -0.274 e. The molecule has 0 radical (unpaired) electrons. The number of allylic oxidation sites excluding steroid dienone is 2. The van der Waals surface area contributed by atoms with E-state index in [9.17, 15) is 9.59 Å². The van der Waals surface area contributed by atoms with Crippen molar-refractivity contribution in [1.82, 2.24) is 4.98 Å². The molecule has 104 valence electrons. The molecular formula is C15H16N2O2S. The standard InChI is InChI=1S/C15H16N2O2S/c1-7(2)10-8-3-4-9(10)12-11(8)13(18)17(14(12)19)15-16-5-6-20-15/h5-6,8-9,11-12H,3-4H2,1-2H3/t8-,9-,11-,12+/m1/s1. The quantitative estimate of drug-likeness (QED) is 0.589. The number of rotatable bonds is 1. The summed E-state index contributed by atoms with van der Waals surface area (Å²) in [7, 11) is 0. The van der Waals surface area contributed by atoms with Gasteiger partial charge in [-0.1, -0.05) is 11.1 Å². The minimum atomic E-state index is -0.130. The van der Waals surface area contributed by atoms with Crippen molar-refractivity contribution in [2.75, 3.05) is 4.90 Å². The molecule has 0 aromatic carbocycles. The van der Waals surface area contributed by atoms with E-state index >= 15 is 0 Å². The van der Waals surface area contributed by atoms with Crippen molar-refractivity contribution < 1.29 is 9.59 Å². The molecule has 3 fully saturated rings. The van der Waals surface area contributed by atoms with Crippen LogP contribution < -0.4 is 4.90 Å². The second-order valence-electron chi connectivity index (χ2n) is 6.12. The molecule has 2 heterocycles. The Morgan fingerprint density at radius 3 is 2.25 bits per heavy atom. The molecule has 4 atom stereocenters. The monoisotopic (exact) mass is 288 g/mol. The molecule has 1 aliphatic heterocycles. The lowest BCUT2D eigenvalue weighted by atomic mass is 9.81. The third kappa shape index (κ3) is 1.34. The third-order valence-electron chi connectivity index (χ3n) is 5.04. The number of amides is 2. The Labute approximate surface area is 121 Å². The fraction of sp³-hybridized carbons (Fsp3) is 0.533. The molecule has 2 bridgehead atoms. The van der Waals surface area contributed by atoms with Gasteiger partial charge in [-0.05, 0) is 38.5 Å². The molecule has 3 aliphatic rings. The van der Waals surface area contributed by atoms with Gasteiger partial charge in [-0.3, -0.25) is 9.59 Å². The van der Waals surface area contributed by atoms with E-state index in [2.05, 4.69) is 18.8 Å². The molecular weight excluding hydrogens is 272 g/mol. The van der Waals surface area contributed by atoms with Crippen LogP contribution in [0.2, 0.25) is 0 Å². The average molecular weight is 288 g/mol. The normalized spacial score (nSPS) is 35.1. The van der Waals surface area contributed by atoms with Crippen LogP contribution in [0.25, 0.3) is 0 Å². The highest BCUT2D eigenvalue weighted by atomic mass is 32.1. The number of hydrogen-bond acceptors (Lipinski definition) is 4. The van der Waals surface area contributed by atoms with Crippen molar-refractivity contribution in [2.45, 2.75) is 26.7 Å². The SMILES string of the molecule is CC(C)=C1[C@H]2CC[C@H]1[C@H]1C(=O)N(c3nccs3)C(=O)[C@H]12. The van der Waals surface area contributed by atoms with Crippen molar-refractivity contribution in [3.8, 4) is 0 Å². The van der Waals surface area contributed by atoms with Crippen LogP contribution >= 0.6 is 11.3 Å². The van der Waals surface area contributed by atoms with E-state index in [1.807, 2.05) is 0 Å². The van der Waals surface area contributed by atoms with Crippen molar-refractivity contribution in [1.29, 1.82) is 0 Å². The number of carbonyl (C=O) groups excluding carboxylic acids is 2. The van der Waals surface area contributed by atoms with Gasteiger partial charge in [-0.15, -0.1) is 11.3 Å². The number of imide groups is 1. The summed E-state index contributed by atoms with van der Waals surface area (Å²) in [6.07, 6.45) is 3.75. The average Bonchev–Trinajstić information content (AvgIpc) is 3.13. The van der Waals surface area contributed by atoms with Crippen LogP contribution in [0.5, 0.6) is 0 Å². The number of thiazole rings is 1. The van der Waals surface area contributed by atoms with Gasteiger partial charge in [0.05, 0.1) is 11.8 Å². The summed E-state index contributed by atoms with van der Waals surface area (Å²) < 4.78 is 0. The fourth-order valence-electron chi connectivity index (χ4n) is 4.51. The van der Waals surface area contributed by atoms with Crippen LogP contribution in [0.15, 0.2) is 22.7 Å². The van der Waals surface area contributed by atoms with Crippen molar-refractivity contribution in [3.63, 3.8) is 0 Å². The lowest BCUT2D eigenvalue weighted by molar-refractivity contribution is -0.123. The molecule has 5 heteroatoms. The first-order valence-electron chi connectivity index (χ1n) is 7.06. The van der Waals surface area contributed by atoms with Gasteiger partial charge in [0.2, 0.25) is 11.8 Å². The van der Waals surface area contributed by atoms with Crippen LogP contribution in [0.4, 0.5) is 5.13 Å². The predicted octanol–water partition coefficient (Wildman–Crippen LogP) is 2.62. The molecule has 4 rings (SSSR count). The predicted molar refractivity (Wildman–Crippen MR) is 76.2 cm³/mol. The van der Waals surface area contributed by atoms with Crippen molar-refractivity contribution >= 4 is 28.3 Å². The van der Waals surface area contributed by atoms with Gasteiger partial charge in [0.25, 0.3) is 0 Å². The fourth-order valence-corrected chi connectivity index (χ4v) is 5.16. The zero-order valence-corrected chi connectivity index (χ0v) is 12.3. The second kappa shape index (κ2) is 4.01. The maximum absolute atomic E-state index is 12.7. The van der Waals surface area contributed by atoms with Gasteiger partial charge in [0, 0.05) is 11.6 Å². The van der Waals surface area contributed by atoms with Gasteiger partial charge in [-0.25, -0.2) is 9.88 Å². The highest BCUT2D eigenvalue weighted by Crippen LogP contribution is 2.60. The van der Waals surface area contributed by atoms with E-state index in [0.717, 1.165) is 12.8 Å². The molecule has 1 aromatic heterocycles. The number of aromatic nitrogens is 1. The summed E-state index contributed by atoms with van der Waals surface area (Å²) >= 11 is 1.36. The molecule has 1 saturated heterocycles. The van der Waals surface area contributed by atoms with E-state index in [0.29, 0.717) is 5.13 Å². The maximum atomic E-state index is 12.7. The molecule has 1 aromatic rings. The summed E-state index contributed by atoms with van der Waals surface area (Å²) in [6, 6.07) is 0. The van der Waals surface area contributed by atoms with Gasteiger partial charge in [0.15, 0.2) is 5.13 Å². The molecule has 2 amide bonds. The molecule has 2 aliphatic carbocycles. The zero-order chi connectivity index (χ0) is 14.0. The number of carbonyl (C=O) groups is 2. The van der Waals surface area contributed by atoms with Gasteiger partial charge >= 0.3 is 0 Å². The third-order valence-corrected chi connectivity index (χ3v) is 5.80. The molecule has 4 nitrogen and oxygen atoms in total. The van der Waals surface area contributed by atoms with Crippen LogP contribution in [-0.4, -0.2) is 16.8 Å². The van der Waals surface area contributed by atoms with Gasteiger partial charge in [0.1, 0.15) is 0 Å². The Morgan fingerprint density at radius 1 is 1.20 bits per heavy atom. The summed E-state index contributed by atoms with van der Waals surface area (Å²) in [4.78, 5) is 30.9. The second-order valence-corrected chi connectivity index (χ2v) is 7.00. The summed E-state index contributed by atoms with van der Waals surface area (Å²) in [5, 5.41) is 2.34. The zero-order valence-electron chi connectivity index (χ0n) is 11.5. The van der Waals surface area contributed by atoms with Gasteiger partial charge in [-0.2, -0.15) is 0 Å². The largest absolute Gasteiger partial charge is 0.274 e. The van der Waals surface area contributed by atoms with E-state index in [4.69, 9.17) is 0 Å². The Hall–Kier alpha value is -1.49. The highest BCUT2D eigenvalue weighted by molar-refractivity contribution is 7.14. The lowest BCUT2D eigenvalue weighted by Gasteiger charge is -2.18. The lowest BCUT2D eigenvalue weighted by Crippen LogP contribution is -2.33. The Morgan fingerprint density at radius 2 is 1.80 bits per heavy atom. The van der Waals surface area contributed by atoms with E-state index in [1.54, 1.807) is 11.6 Å². The number of nitrogens with zero attached hydrogens (tertiary/aromatic N) is 2. The summed E-state index contributed by atoms with van der Waals surface area (Å²) in [5.41, 5.74) is 2.69. The highest BCUT2D eigenvalue weighted by Gasteiger charge is 2.63. The first-order chi connectivity index (χ1) is 9.61. The van der Waals surface area contributed by atoms with Crippen molar-refractivity contribution in [3.05, 3.63) is 22.7 Å². The summed E-state index contributed by atoms with van der Waals surface area (Å²) in [6.45, 7) is 4.21. The minimum absolute atomic E-state index is 0.0269. The first-order valence-corrected chi connectivity index (χ1v) is 7.93. The topological polar surface area (TPSA) is 50.3 Å². The Balaban J connectivity index is 1.79. The number of hydrogen-bond donors (Lipinski definition) is 0. The van der Waals surface area contributed by atoms with Crippen LogP contribution in [0.3, 0.4) is 0 Å². The number of anilines is 1. The maximum Gasteiger partial charge on any atom is 0.240 e.